The summed E-state index contributed by atoms with van der Waals surface area (Å²) in [5.41, 5.74) is 1.07. The average Bonchev–Trinajstić information content (AvgIpc) is 2.61. The molecule has 2 heterocycles. The Morgan fingerprint density at radius 1 is 1.32 bits per heavy atom. The monoisotopic (exact) mass is 267 g/mol. The molecular formula is C14H25N3O2. The van der Waals surface area contributed by atoms with Crippen molar-refractivity contribution in [3.63, 3.8) is 0 Å². The highest BCUT2D eigenvalue weighted by Gasteiger charge is 2.14. The van der Waals surface area contributed by atoms with Gasteiger partial charge in [-0.05, 0) is 27.2 Å². The summed E-state index contributed by atoms with van der Waals surface area (Å²) in [6.45, 7) is 11.7. The lowest BCUT2D eigenvalue weighted by atomic mass is 10.1. The molecule has 1 aromatic rings. The van der Waals surface area contributed by atoms with Crippen LogP contribution in [0.1, 0.15) is 38.6 Å². The molecule has 0 aliphatic carbocycles. The van der Waals surface area contributed by atoms with E-state index in [4.69, 9.17) is 9.26 Å². The third-order valence-corrected chi connectivity index (χ3v) is 3.10. The molecule has 0 unspecified atom stereocenters. The quantitative estimate of drug-likeness (QED) is 0.901. The lowest BCUT2D eigenvalue weighted by Crippen LogP contribution is -2.35. The highest BCUT2D eigenvalue weighted by molar-refractivity contribution is 5.05. The minimum absolute atomic E-state index is 0.0985. The maximum absolute atomic E-state index is 5.45. The van der Waals surface area contributed by atoms with Gasteiger partial charge in [-0.1, -0.05) is 5.16 Å². The Kier molecular flexibility index (Phi) is 4.96. The van der Waals surface area contributed by atoms with Crippen LogP contribution in [-0.2, 0) is 17.8 Å². The van der Waals surface area contributed by atoms with Crippen molar-refractivity contribution in [2.75, 3.05) is 26.3 Å². The Labute approximate surface area is 115 Å². The summed E-state index contributed by atoms with van der Waals surface area (Å²) in [5, 5.41) is 7.52. The van der Waals surface area contributed by atoms with Crippen molar-refractivity contribution in [1.82, 2.24) is 15.4 Å². The van der Waals surface area contributed by atoms with Crippen LogP contribution < -0.4 is 5.32 Å². The van der Waals surface area contributed by atoms with Gasteiger partial charge in [0.05, 0.1) is 18.8 Å². The van der Waals surface area contributed by atoms with Crippen molar-refractivity contribution in [2.24, 2.45) is 0 Å². The molecule has 108 valence electrons. The minimum atomic E-state index is 0.0985. The van der Waals surface area contributed by atoms with Crippen molar-refractivity contribution in [2.45, 2.75) is 45.8 Å². The van der Waals surface area contributed by atoms with Gasteiger partial charge in [-0.15, -0.1) is 0 Å². The second-order valence-electron chi connectivity index (χ2n) is 6.13. The van der Waals surface area contributed by atoms with Crippen LogP contribution in [0.15, 0.2) is 10.6 Å². The zero-order chi connectivity index (χ0) is 13.7. The van der Waals surface area contributed by atoms with E-state index in [9.17, 15) is 0 Å². The van der Waals surface area contributed by atoms with Crippen LogP contribution in [0.25, 0.3) is 0 Å². The molecule has 0 amide bonds. The first-order chi connectivity index (χ1) is 9.03. The lowest BCUT2D eigenvalue weighted by Gasteiger charge is -2.19. The fourth-order valence-electron chi connectivity index (χ4n) is 2.05. The van der Waals surface area contributed by atoms with E-state index < -0.39 is 0 Å². The third-order valence-electron chi connectivity index (χ3n) is 3.10. The van der Waals surface area contributed by atoms with E-state index in [0.717, 1.165) is 57.3 Å². The van der Waals surface area contributed by atoms with Crippen molar-refractivity contribution in [3.05, 3.63) is 17.5 Å². The zero-order valence-corrected chi connectivity index (χ0v) is 12.2. The molecule has 1 aromatic heterocycles. The summed E-state index contributed by atoms with van der Waals surface area (Å²) in [6, 6.07) is 2.05. The summed E-state index contributed by atoms with van der Waals surface area (Å²) >= 11 is 0. The van der Waals surface area contributed by atoms with Gasteiger partial charge in [0.25, 0.3) is 0 Å². The van der Waals surface area contributed by atoms with E-state index in [1.54, 1.807) is 0 Å². The SMILES string of the molecule is CC(C)(C)NCc1cc(CN2CCCOCC2)on1. The molecular weight excluding hydrogens is 242 g/mol. The van der Waals surface area contributed by atoms with Gasteiger partial charge in [-0.25, -0.2) is 0 Å². The van der Waals surface area contributed by atoms with Crippen molar-refractivity contribution < 1.29 is 9.26 Å². The lowest BCUT2D eigenvalue weighted by molar-refractivity contribution is 0.138. The molecule has 0 aromatic carbocycles. The highest BCUT2D eigenvalue weighted by atomic mass is 16.5. The van der Waals surface area contributed by atoms with Crippen LogP contribution >= 0.6 is 0 Å². The van der Waals surface area contributed by atoms with E-state index in [0.29, 0.717) is 0 Å². The smallest absolute Gasteiger partial charge is 0.151 e. The first-order valence-corrected chi connectivity index (χ1v) is 7.02. The molecule has 1 saturated heterocycles. The van der Waals surface area contributed by atoms with Gasteiger partial charge in [0.15, 0.2) is 5.76 Å². The van der Waals surface area contributed by atoms with Crippen molar-refractivity contribution in [3.8, 4) is 0 Å². The molecule has 1 aliphatic heterocycles. The largest absolute Gasteiger partial charge is 0.380 e. The number of ether oxygens (including phenoxy) is 1. The second-order valence-corrected chi connectivity index (χ2v) is 6.13. The van der Waals surface area contributed by atoms with Gasteiger partial charge in [-0.3, -0.25) is 4.90 Å². The van der Waals surface area contributed by atoms with E-state index in [2.05, 4.69) is 36.1 Å². The Bertz CT molecular complexity index is 376. The van der Waals surface area contributed by atoms with Gasteiger partial charge in [0.2, 0.25) is 0 Å². The number of aromatic nitrogens is 1. The summed E-state index contributed by atoms with van der Waals surface area (Å²) in [4.78, 5) is 2.36. The molecule has 5 nitrogen and oxygen atoms in total. The number of hydrogen-bond acceptors (Lipinski definition) is 5. The van der Waals surface area contributed by atoms with Crippen molar-refractivity contribution in [1.29, 1.82) is 0 Å². The molecule has 0 saturated carbocycles. The predicted octanol–water partition coefficient (Wildman–Crippen LogP) is 1.78. The summed E-state index contributed by atoms with van der Waals surface area (Å²) in [6.07, 6.45) is 1.09. The highest BCUT2D eigenvalue weighted by Crippen LogP contribution is 2.10. The molecule has 0 bridgehead atoms. The maximum Gasteiger partial charge on any atom is 0.151 e. The summed E-state index contributed by atoms with van der Waals surface area (Å²) < 4.78 is 10.8. The third kappa shape index (κ3) is 5.30. The molecule has 1 N–H and O–H groups in total. The first kappa shape index (κ1) is 14.5. The number of rotatable bonds is 4. The van der Waals surface area contributed by atoms with Crippen LogP contribution in [0.5, 0.6) is 0 Å². The Hall–Kier alpha value is -0.910. The molecule has 1 aliphatic rings. The van der Waals surface area contributed by atoms with Gasteiger partial charge in [-0.2, -0.15) is 0 Å². The molecule has 0 atom stereocenters. The molecule has 1 fully saturated rings. The fourth-order valence-corrected chi connectivity index (χ4v) is 2.05. The number of nitrogens with one attached hydrogen (secondary N) is 1. The zero-order valence-electron chi connectivity index (χ0n) is 12.2. The van der Waals surface area contributed by atoms with Gasteiger partial charge >= 0.3 is 0 Å². The number of nitrogens with zero attached hydrogens (tertiary/aromatic N) is 2. The normalized spacial score (nSPS) is 18.5. The van der Waals surface area contributed by atoms with E-state index in [1.165, 1.54) is 0 Å². The molecule has 2 rings (SSSR count). The van der Waals surface area contributed by atoms with Gasteiger partial charge in [0.1, 0.15) is 0 Å². The Morgan fingerprint density at radius 3 is 2.95 bits per heavy atom. The van der Waals surface area contributed by atoms with E-state index >= 15 is 0 Å². The Morgan fingerprint density at radius 2 is 2.16 bits per heavy atom. The maximum atomic E-state index is 5.45. The van der Waals surface area contributed by atoms with Crippen LogP contribution in [0.3, 0.4) is 0 Å². The second kappa shape index (κ2) is 6.50. The molecule has 0 spiro atoms. The minimum Gasteiger partial charge on any atom is -0.380 e. The predicted molar refractivity (Wildman–Crippen MR) is 73.8 cm³/mol. The summed E-state index contributed by atoms with van der Waals surface area (Å²) in [7, 11) is 0. The van der Waals surface area contributed by atoms with Crippen molar-refractivity contribution >= 4 is 0 Å². The molecule has 0 radical (unpaired) electrons. The first-order valence-electron chi connectivity index (χ1n) is 7.02. The standard InChI is InChI=1S/C14H25N3O2/c1-14(2,3)15-10-12-9-13(19-16-12)11-17-5-4-7-18-8-6-17/h9,15H,4-8,10-11H2,1-3H3. The Balaban J connectivity index is 1.82. The van der Waals surface area contributed by atoms with Gasteiger partial charge in [0, 0.05) is 37.8 Å². The fraction of sp³-hybridized carbons (Fsp3) is 0.786. The van der Waals surface area contributed by atoms with Crippen LogP contribution in [-0.4, -0.2) is 41.9 Å². The van der Waals surface area contributed by atoms with Gasteiger partial charge < -0.3 is 14.6 Å². The topological polar surface area (TPSA) is 50.5 Å². The van der Waals surface area contributed by atoms with Crippen LogP contribution in [0.4, 0.5) is 0 Å². The van der Waals surface area contributed by atoms with E-state index in [1.807, 2.05) is 6.07 Å². The number of hydrogen-bond donors (Lipinski definition) is 1. The van der Waals surface area contributed by atoms with Crippen LogP contribution in [0.2, 0.25) is 0 Å². The molecule has 19 heavy (non-hydrogen) atoms. The molecule has 5 heteroatoms. The average molecular weight is 267 g/mol. The van der Waals surface area contributed by atoms with Crippen LogP contribution in [0, 0.1) is 0 Å². The summed E-state index contributed by atoms with van der Waals surface area (Å²) in [5.74, 6) is 0.938. The van der Waals surface area contributed by atoms with E-state index in [-0.39, 0.29) is 5.54 Å².